The number of amides is 1. The molecule has 0 spiro atoms. The number of anilines is 1. The number of hydrogen-bond acceptors (Lipinski definition) is 2. The number of hydrogen-bond donors (Lipinski definition) is 1. The average Bonchev–Trinajstić information content (AvgIpc) is 2.44. The van der Waals surface area contributed by atoms with Crippen LogP contribution in [0, 0.1) is 19.7 Å². The quantitative estimate of drug-likeness (QED) is 0.919. The number of ether oxygens (including phenoxy) is 1. The maximum absolute atomic E-state index is 13.7. The lowest BCUT2D eigenvalue weighted by molar-refractivity contribution is 0.102. The molecular weight excluding hydrogens is 269 g/mol. The van der Waals surface area contributed by atoms with Gasteiger partial charge in [-0.1, -0.05) is 6.07 Å². The van der Waals surface area contributed by atoms with Crippen LogP contribution in [0.2, 0.25) is 0 Å². The fourth-order valence-electron chi connectivity index (χ4n) is 2.02. The average molecular weight is 287 g/mol. The Kier molecular flexibility index (Phi) is 4.58. The van der Waals surface area contributed by atoms with Gasteiger partial charge in [0.25, 0.3) is 5.91 Å². The van der Waals surface area contributed by atoms with Crippen molar-refractivity contribution in [2.24, 2.45) is 0 Å². The van der Waals surface area contributed by atoms with Gasteiger partial charge in [0.1, 0.15) is 11.6 Å². The Morgan fingerprint density at radius 3 is 2.57 bits per heavy atom. The van der Waals surface area contributed by atoms with Crippen LogP contribution >= 0.6 is 0 Å². The summed E-state index contributed by atoms with van der Waals surface area (Å²) in [6, 6.07) is 9.84. The maximum Gasteiger partial charge on any atom is 0.255 e. The zero-order valence-electron chi connectivity index (χ0n) is 12.4. The zero-order valence-corrected chi connectivity index (χ0v) is 12.4. The van der Waals surface area contributed by atoms with Gasteiger partial charge in [-0.2, -0.15) is 0 Å². The number of carbonyl (C=O) groups excluding carboxylic acids is 1. The molecule has 0 aliphatic carbocycles. The van der Waals surface area contributed by atoms with Gasteiger partial charge in [-0.15, -0.1) is 0 Å². The first-order valence-corrected chi connectivity index (χ1v) is 6.82. The second kappa shape index (κ2) is 6.39. The minimum Gasteiger partial charge on any atom is -0.494 e. The van der Waals surface area contributed by atoms with Gasteiger partial charge >= 0.3 is 0 Å². The minimum absolute atomic E-state index is 0.178. The van der Waals surface area contributed by atoms with Gasteiger partial charge in [0.15, 0.2) is 0 Å². The van der Waals surface area contributed by atoms with E-state index in [1.165, 1.54) is 6.07 Å². The van der Waals surface area contributed by atoms with Crippen molar-refractivity contribution in [3.05, 3.63) is 58.9 Å². The summed E-state index contributed by atoms with van der Waals surface area (Å²) in [4.78, 5) is 12.2. The van der Waals surface area contributed by atoms with Crippen molar-refractivity contribution in [3.8, 4) is 5.75 Å². The summed E-state index contributed by atoms with van der Waals surface area (Å²) in [6.07, 6.45) is 0. The number of halogens is 1. The highest BCUT2D eigenvalue weighted by molar-refractivity contribution is 6.04. The molecule has 0 saturated carbocycles. The molecule has 0 saturated heterocycles. The normalized spacial score (nSPS) is 10.3. The molecule has 0 heterocycles. The van der Waals surface area contributed by atoms with Crippen molar-refractivity contribution in [2.45, 2.75) is 20.8 Å². The molecule has 2 aromatic rings. The van der Waals surface area contributed by atoms with E-state index in [-0.39, 0.29) is 11.6 Å². The Balaban J connectivity index is 2.18. The van der Waals surface area contributed by atoms with E-state index in [0.717, 1.165) is 16.9 Å². The van der Waals surface area contributed by atoms with Gasteiger partial charge in [0, 0.05) is 5.56 Å². The largest absolute Gasteiger partial charge is 0.494 e. The van der Waals surface area contributed by atoms with Crippen molar-refractivity contribution >= 4 is 11.6 Å². The van der Waals surface area contributed by atoms with E-state index < -0.39 is 5.82 Å². The summed E-state index contributed by atoms with van der Waals surface area (Å²) in [5.41, 5.74) is 2.32. The molecule has 0 fully saturated rings. The van der Waals surface area contributed by atoms with E-state index in [0.29, 0.717) is 12.2 Å². The molecule has 0 radical (unpaired) electrons. The Bertz CT molecular complexity index is 668. The Morgan fingerprint density at radius 1 is 1.19 bits per heavy atom. The molecule has 2 rings (SSSR count). The highest BCUT2D eigenvalue weighted by Gasteiger charge is 2.11. The lowest BCUT2D eigenvalue weighted by Gasteiger charge is -2.10. The van der Waals surface area contributed by atoms with Gasteiger partial charge < -0.3 is 10.1 Å². The summed E-state index contributed by atoms with van der Waals surface area (Å²) in [7, 11) is 0. The van der Waals surface area contributed by atoms with Crippen LogP contribution in [0.3, 0.4) is 0 Å². The first-order chi connectivity index (χ1) is 10.0. The van der Waals surface area contributed by atoms with Gasteiger partial charge in [-0.3, -0.25) is 4.79 Å². The summed E-state index contributed by atoms with van der Waals surface area (Å²) >= 11 is 0. The van der Waals surface area contributed by atoms with E-state index in [9.17, 15) is 9.18 Å². The van der Waals surface area contributed by atoms with Crippen molar-refractivity contribution in [1.29, 1.82) is 0 Å². The molecule has 0 aromatic heterocycles. The lowest BCUT2D eigenvalue weighted by Crippen LogP contribution is -2.13. The number of benzene rings is 2. The molecule has 1 amide bonds. The van der Waals surface area contributed by atoms with E-state index in [1.54, 1.807) is 37.3 Å². The second-order valence-electron chi connectivity index (χ2n) is 4.85. The minimum atomic E-state index is -0.439. The van der Waals surface area contributed by atoms with Crippen LogP contribution < -0.4 is 10.1 Å². The molecule has 4 heteroatoms. The topological polar surface area (TPSA) is 38.3 Å². The van der Waals surface area contributed by atoms with Gasteiger partial charge in [-0.05, 0) is 62.2 Å². The third kappa shape index (κ3) is 3.60. The summed E-state index contributed by atoms with van der Waals surface area (Å²) in [5.74, 6) is -0.0366. The van der Waals surface area contributed by atoms with E-state index in [1.807, 2.05) is 13.8 Å². The molecule has 21 heavy (non-hydrogen) atoms. The molecule has 0 bridgehead atoms. The lowest BCUT2D eigenvalue weighted by atomic mass is 10.1. The summed E-state index contributed by atoms with van der Waals surface area (Å²) < 4.78 is 19.2. The zero-order chi connectivity index (χ0) is 15.4. The number of rotatable bonds is 4. The van der Waals surface area contributed by atoms with Crippen LogP contribution in [0.15, 0.2) is 36.4 Å². The standard InChI is InChI=1S/C17H18FNO2/c1-4-21-16-8-6-13(10-12(16)3)17(20)19-15-7-5-11(2)9-14(15)18/h5-10H,4H2,1-3H3,(H,19,20). The van der Waals surface area contributed by atoms with E-state index in [2.05, 4.69) is 5.32 Å². The van der Waals surface area contributed by atoms with Crippen LogP contribution in [0.25, 0.3) is 0 Å². The van der Waals surface area contributed by atoms with Crippen LogP contribution in [-0.4, -0.2) is 12.5 Å². The second-order valence-corrected chi connectivity index (χ2v) is 4.85. The predicted molar refractivity (Wildman–Crippen MR) is 81.4 cm³/mol. The third-order valence-electron chi connectivity index (χ3n) is 3.11. The SMILES string of the molecule is CCOc1ccc(C(=O)Nc2ccc(C)cc2F)cc1C. The molecule has 0 aliphatic heterocycles. The molecule has 3 nitrogen and oxygen atoms in total. The molecule has 110 valence electrons. The number of carbonyl (C=O) groups is 1. The summed E-state index contributed by atoms with van der Waals surface area (Å²) in [6.45, 7) is 6.14. The molecular formula is C17H18FNO2. The fraction of sp³-hybridized carbons (Fsp3) is 0.235. The molecule has 0 atom stereocenters. The predicted octanol–water partition coefficient (Wildman–Crippen LogP) is 4.09. The van der Waals surface area contributed by atoms with E-state index in [4.69, 9.17) is 4.74 Å². The number of nitrogens with one attached hydrogen (secondary N) is 1. The third-order valence-corrected chi connectivity index (χ3v) is 3.11. The smallest absolute Gasteiger partial charge is 0.255 e. The Morgan fingerprint density at radius 2 is 1.95 bits per heavy atom. The van der Waals surface area contributed by atoms with Gasteiger partial charge in [-0.25, -0.2) is 4.39 Å². The Labute approximate surface area is 123 Å². The highest BCUT2D eigenvalue weighted by atomic mass is 19.1. The van der Waals surface area contributed by atoms with Crippen molar-refractivity contribution in [3.63, 3.8) is 0 Å². The maximum atomic E-state index is 13.7. The van der Waals surface area contributed by atoms with E-state index >= 15 is 0 Å². The summed E-state index contributed by atoms with van der Waals surface area (Å²) in [5, 5.41) is 2.58. The van der Waals surface area contributed by atoms with Crippen LogP contribution in [0.5, 0.6) is 5.75 Å². The fourth-order valence-corrected chi connectivity index (χ4v) is 2.02. The van der Waals surface area contributed by atoms with Crippen molar-refractivity contribution < 1.29 is 13.9 Å². The van der Waals surface area contributed by atoms with Crippen molar-refractivity contribution in [2.75, 3.05) is 11.9 Å². The van der Waals surface area contributed by atoms with Crippen molar-refractivity contribution in [1.82, 2.24) is 0 Å². The first-order valence-electron chi connectivity index (χ1n) is 6.82. The van der Waals surface area contributed by atoms with Gasteiger partial charge in [0.05, 0.1) is 12.3 Å². The van der Waals surface area contributed by atoms with Crippen LogP contribution in [0.1, 0.15) is 28.4 Å². The number of aryl methyl sites for hydroxylation is 2. The van der Waals surface area contributed by atoms with Crippen LogP contribution in [-0.2, 0) is 0 Å². The molecule has 0 unspecified atom stereocenters. The molecule has 0 aliphatic rings. The first kappa shape index (κ1) is 15.0. The van der Waals surface area contributed by atoms with Crippen LogP contribution in [0.4, 0.5) is 10.1 Å². The van der Waals surface area contributed by atoms with Gasteiger partial charge in [0.2, 0.25) is 0 Å². The monoisotopic (exact) mass is 287 g/mol. The molecule has 1 N–H and O–H groups in total. The molecule has 2 aromatic carbocycles. The highest BCUT2D eigenvalue weighted by Crippen LogP contribution is 2.21. The Hall–Kier alpha value is -2.36.